The molecule has 4 rings (SSSR count). The van der Waals surface area contributed by atoms with Crippen molar-refractivity contribution in [3.05, 3.63) is 0 Å². The van der Waals surface area contributed by atoms with Gasteiger partial charge in [0.15, 0.2) is 0 Å². The van der Waals surface area contributed by atoms with Crippen molar-refractivity contribution in [3.8, 4) is 0 Å². The number of hydrogen-bond acceptors (Lipinski definition) is 8. The van der Waals surface area contributed by atoms with E-state index in [-0.39, 0.29) is 17.8 Å². The summed E-state index contributed by atoms with van der Waals surface area (Å²) in [6, 6.07) is 0. The van der Waals surface area contributed by atoms with Crippen LogP contribution in [0.3, 0.4) is 0 Å². The molecule has 3 aliphatic carbocycles. The molecule has 1 saturated heterocycles. The third kappa shape index (κ3) is 3.92. The summed E-state index contributed by atoms with van der Waals surface area (Å²) in [4.78, 5) is 24.3. The lowest BCUT2D eigenvalue weighted by molar-refractivity contribution is -0.178. The van der Waals surface area contributed by atoms with E-state index in [4.69, 9.17) is 14.0 Å². The first-order valence-corrected chi connectivity index (χ1v) is 12.1. The van der Waals surface area contributed by atoms with Crippen LogP contribution in [0.1, 0.15) is 38.5 Å². The van der Waals surface area contributed by atoms with Gasteiger partial charge in [-0.25, -0.2) is 4.79 Å². The molecule has 9 nitrogen and oxygen atoms in total. The van der Waals surface area contributed by atoms with Crippen molar-refractivity contribution in [3.63, 3.8) is 0 Å². The highest BCUT2D eigenvalue weighted by molar-refractivity contribution is 7.87. The molecule has 6 atom stereocenters. The quantitative estimate of drug-likeness (QED) is 0.272. The molecule has 4 fully saturated rings. The van der Waals surface area contributed by atoms with Gasteiger partial charge in [-0.15, -0.1) is 0 Å². The van der Waals surface area contributed by atoms with E-state index in [2.05, 4.69) is 4.74 Å². The third-order valence-corrected chi connectivity index (χ3v) is 8.40. The lowest BCUT2D eigenvalue weighted by Crippen LogP contribution is -2.49. The zero-order chi connectivity index (χ0) is 24.4. The van der Waals surface area contributed by atoms with Crippen LogP contribution in [-0.4, -0.2) is 72.2 Å². The highest BCUT2D eigenvalue weighted by Gasteiger charge is 2.71. The number of carbonyl (C=O) groups is 2. The van der Waals surface area contributed by atoms with Crippen LogP contribution in [0.4, 0.5) is 17.6 Å². The van der Waals surface area contributed by atoms with Gasteiger partial charge >= 0.3 is 33.2 Å². The molecule has 0 aromatic carbocycles. The third-order valence-electron chi connectivity index (χ3n) is 7.46. The van der Waals surface area contributed by atoms with Crippen LogP contribution in [-0.2, 0) is 33.9 Å². The van der Waals surface area contributed by atoms with Gasteiger partial charge < -0.3 is 19.3 Å². The average Bonchev–Trinajstić information content (AvgIpc) is 3.42. The first-order chi connectivity index (χ1) is 15.2. The Bertz CT molecular complexity index is 918. The van der Waals surface area contributed by atoms with E-state index in [1.807, 2.05) is 0 Å². The summed E-state index contributed by atoms with van der Waals surface area (Å²) < 4.78 is 98.0. The molecule has 1 aliphatic heterocycles. The van der Waals surface area contributed by atoms with Crippen molar-refractivity contribution in [2.24, 2.45) is 23.7 Å². The maximum atomic E-state index is 13.5. The Kier molecular flexibility index (Phi) is 5.98. The number of esters is 2. The van der Waals surface area contributed by atoms with E-state index >= 15 is 0 Å². The molecule has 33 heavy (non-hydrogen) atoms. The Balaban J connectivity index is 1.32. The Morgan fingerprint density at radius 1 is 1.18 bits per heavy atom. The summed E-state index contributed by atoms with van der Waals surface area (Å²) >= 11 is 0. The van der Waals surface area contributed by atoms with Crippen molar-refractivity contribution < 1.29 is 59.4 Å². The van der Waals surface area contributed by atoms with Crippen LogP contribution in [0.15, 0.2) is 0 Å². The minimum Gasteiger partial charge on any atom is -0.464 e. The Labute approximate surface area is 186 Å². The molecule has 2 bridgehead atoms. The highest BCUT2D eigenvalue weighted by Crippen LogP contribution is 2.63. The van der Waals surface area contributed by atoms with Gasteiger partial charge in [0.1, 0.15) is 12.7 Å². The van der Waals surface area contributed by atoms with E-state index < -0.39 is 76.6 Å². The van der Waals surface area contributed by atoms with Gasteiger partial charge in [-0.2, -0.15) is 26.0 Å². The van der Waals surface area contributed by atoms with Gasteiger partial charge in [0.2, 0.25) is 0 Å². The molecular formula is C19H24F4O9S. The van der Waals surface area contributed by atoms with Crippen LogP contribution in [0.5, 0.6) is 0 Å². The number of alkyl halides is 4. The predicted octanol–water partition coefficient (Wildman–Crippen LogP) is 1.53. The number of aliphatic hydroxyl groups is 1. The maximum absolute atomic E-state index is 13.5. The molecule has 4 aliphatic rings. The summed E-state index contributed by atoms with van der Waals surface area (Å²) in [6.07, 6.45) is 0.175. The van der Waals surface area contributed by atoms with E-state index in [9.17, 15) is 40.7 Å². The van der Waals surface area contributed by atoms with E-state index in [0.717, 1.165) is 12.8 Å². The van der Waals surface area contributed by atoms with Gasteiger partial charge in [0.25, 0.3) is 0 Å². The van der Waals surface area contributed by atoms with Crippen LogP contribution in [0.25, 0.3) is 0 Å². The molecule has 0 amide bonds. The normalized spacial score (nSPS) is 35.2. The van der Waals surface area contributed by atoms with Crippen molar-refractivity contribution in [2.75, 3.05) is 13.2 Å². The topological polar surface area (TPSA) is 136 Å². The van der Waals surface area contributed by atoms with Gasteiger partial charge in [-0.3, -0.25) is 9.35 Å². The second-order valence-corrected chi connectivity index (χ2v) is 10.7. The summed E-state index contributed by atoms with van der Waals surface area (Å²) in [7, 11) is -6.37. The van der Waals surface area contributed by atoms with Gasteiger partial charge in [-0.05, 0) is 25.2 Å². The predicted molar refractivity (Wildman–Crippen MR) is 98.6 cm³/mol. The number of halogens is 4. The van der Waals surface area contributed by atoms with Gasteiger partial charge in [0, 0.05) is 11.8 Å². The van der Waals surface area contributed by atoms with Crippen molar-refractivity contribution in [1.29, 1.82) is 0 Å². The standard InChI is InChI=1S/C19H24F4O9S/c20-18(21,19(22,23)33(27,28)29)5-6-30-11(24)8-31-14-10-7-9-12(16(25)32-15(9)14)13(10)17(26)3-1-2-4-17/h9-10,12-15,26H,1-8H2,(H,27,28,29). The Morgan fingerprint density at radius 2 is 1.82 bits per heavy atom. The Morgan fingerprint density at radius 3 is 2.42 bits per heavy atom. The molecule has 0 spiro atoms. The molecule has 0 aromatic rings. The fraction of sp³-hybridized carbons (Fsp3) is 0.895. The molecule has 3 saturated carbocycles. The summed E-state index contributed by atoms with van der Waals surface area (Å²) in [5.74, 6) is -7.96. The van der Waals surface area contributed by atoms with E-state index in [1.54, 1.807) is 0 Å². The minimum atomic E-state index is -6.37. The summed E-state index contributed by atoms with van der Waals surface area (Å²) in [5.41, 5.74) is -1.02. The average molecular weight is 504 g/mol. The lowest BCUT2D eigenvalue weighted by atomic mass is 9.68. The molecule has 1 heterocycles. The SMILES string of the molecule is O=C(COC1C2CC3C1OC(=O)C3C2C1(O)CCCC1)OCCC(F)(F)C(F)(F)S(=O)(=O)O. The highest BCUT2D eigenvalue weighted by atomic mass is 32.2. The number of fused-ring (bicyclic) bond motifs is 1. The maximum Gasteiger partial charge on any atom is 0.431 e. The van der Waals surface area contributed by atoms with E-state index in [1.165, 1.54) is 0 Å². The van der Waals surface area contributed by atoms with Crippen LogP contribution >= 0.6 is 0 Å². The second kappa shape index (κ2) is 8.02. The van der Waals surface area contributed by atoms with E-state index in [0.29, 0.717) is 19.3 Å². The minimum absolute atomic E-state index is 0.153. The fourth-order valence-electron chi connectivity index (χ4n) is 6.10. The van der Waals surface area contributed by atoms with Gasteiger partial charge in [-0.1, -0.05) is 12.8 Å². The Hall–Kier alpha value is -1.51. The summed E-state index contributed by atoms with van der Waals surface area (Å²) in [6.45, 7) is -1.99. The number of hydrogen-bond donors (Lipinski definition) is 2. The van der Waals surface area contributed by atoms with Crippen LogP contribution < -0.4 is 0 Å². The molecular weight excluding hydrogens is 480 g/mol. The number of carbonyl (C=O) groups excluding carboxylic acids is 2. The van der Waals surface area contributed by atoms with Gasteiger partial charge in [0.05, 0.1) is 30.7 Å². The molecule has 0 aromatic heterocycles. The molecule has 6 unspecified atom stereocenters. The molecule has 14 heteroatoms. The number of rotatable bonds is 9. The lowest BCUT2D eigenvalue weighted by Gasteiger charge is -2.40. The second-order valence-electron chi connectivity index (χ2n) is 9.27. The number of ether oxygens (including phenoxy) is 3. The van der Waals surface area contributed by atoms with Crippen molar-refractivity contribution in [2.45, 2.75) is 67.5 Å². The first kappa shape index (κ1) is 24.6. The molecule has 2 N–H and O–H groups in total. The first-order valence-electron chi connectivity index (χ1n) is 10.6. The zero-order valence-electron chi connectivity index (χ0n) is 17.3. The smallest absolute Gasteiger partial charge is 0.431 e. The molecule has 188 valence electrons. The van der Waals surface area contributed by atoms with Crippen molar-refractivity contribution >= 4 is 22.1 Å². The van der Waals surface area contributed by atoms with Crippen molar-refractivity contribution in [1.82, 2.24) is 0 Å². The summed E-state index contributed by atoms with van der Waals surface area (Å²) in [5, 5.41) is 5.37. The van der Waals surface area contributed by atoms with Crippen LogP contribution in [0.2, 0.25) is 0 Å². The fourth-order valence-corrected chi connectivity index (χ4v) is 6.58. The van der Waals surface area contributed by atoms with Crippen LogP contribution in [0, 0.1) is 23.7 Å². The zero-order valence-corrected chi connectivity index (χ0v) is 18.1. The largest absolute Gasteiger partial charge is 0.464 e. The molecule has 0 radical (unpaired) electrons. The monoisotopic (exact) mass is 504 g/mol.